The molecule has 0 saturated carbocycles. The molecule has 4 unspecified atom stereocenters. The molecule has 0 spiro atoms. The molecule has 0 aliphatic heterocycles. The van der Waals surface area contributed by atoms with Gasteiger partial charge >= 0.3 is 0 Å². The van der Waals surface area contributed by atoms with E-state index in [-0.39, 0.29) is 16.2 Å². The molecule has 0 N–H and O–H groups in total. The summed E-state index contributed by atoms with van der Waals surface area (Å²) in [5.74, 6) is 2.82. The van der Waals surface area contributed by atoms with Crippen molar-refractivity contribution in [2.75, 3.05) is 9.80 Å². The van der Waals surface area contributed by atoms with E-state index in [1.54, 1.807) is 0 Å². The van der Waals surface area contributed by atoms with Gasteiger partial charge < -0.3 is 19.3 Å². The summed E-state index contributed by atoms with van der Waals surface area (Å²) in [6, 6.07) is 149. The van der Waals surface area contributed by atoms with Crippen LogP contribution >= 0.6 is 0 Å². The highest BCUT2D eigenvalue weighted by molar-refractivity contribution is 5.94. The lowest BCUT2D eigenvalue weighted by Crippen LogP contribution is -2.29. The van der Waals surface area contributed by atoms with Gasteiger partial charge in [0.15, 0.2) is 0 Å². The summed E-state index contributed by atoms with van der Waals surface area (Å²) >= 11 is 0. The molecule has 0 saturated heterocycles. The molecule has 17 aromatic carbocycles. The quantitative estimate of drug-likeness (QED) is 0.0716. The van der Waals surface area contributed by atoms with E-state index in [0.29, 0.717) is 25.0 Å². The first-order valence-corrected chi connectivity index (χ1v) is 46.3. The van der Waals surface area contributed by atoms with Crippen LogP contribution in [0.5, 0.6) is 11.5 Å². The molecule has 17 aromatic rings. The zero-order valence-corrected chi connectivity index (χ0v) is 76.3. The molecule has 21 rings (SSSR count). The maximum absolute atomic E-state index is 6.48. The molecular formula is C125H112N2O2. The third-order valence-corrected chi connectivity index (χ3v) is 28.8. The van der Waals surface area contributed by atoms with Crippen LogP contribution in [-0.2, 0) is 40.3 Å². The first-order chi connectivity index (χ1) is 62.7. The Morgan fingerprint density at radius 2 is 0.566 bits per heavy atom. The van der Waals surface area contributed by atoms with Crippen LogP contribution in [0.1, 0.15) is 201 Å². The summed E-state index contributed by atoms with van der Waals surface area (Å²) in [7, 11) is 0. The molecule has 0 amide bonds. The lowest BCUT2D eigenvalue weighted by atomic mass is 9.67. The molecule has 0 heterocycles. The fourth-order valence-electron chi connectivity index (χ4n) is 21.3. The van der Waals surface area contributed by atoms with Gasteiger partial charge in [0, 0.05) is 45.0 Å². The average molecular weight is 1670 g/mol. The summed E-state index contributed by atoms with van der Waals surface area (Å²) in [4.78, 5) is 4.91. The number of nitrogens with zero attached hydrogens (tertiary/aromatic N) is 2. The van der Waals surface area contributed by atoms with Gasteiger partial charge in [-0.1, -0.05) is 385 Å². The first-order valence-electron chi connectivity index (χ1n) is 46.3. The number of para-hydroxylation sites is 1. The fraction of sp³-hybridized carbons (Fsp3) is 0.184. The predicted molar refractivity (Wildman–Crippen MR) is 540 cm³/mol. The minimum atomic E-state index is -0.593. The number of hydrogen-bond acceptors (Lipinski definition) is 4. The van der Waals surface area contributed by atoms with Crippen LogP contribution in [0, 0.1) is 6.92 Å². The maximum atomic E-state index is 6.48. The van der Waals surface area contributed by atoms with Crippen LogP contribution in [0.3, 0.4) is 0 Å². The Balaban J connectivity index is 0.000000162. The number of aryl methyl sites for hydroxylation is 1. The van der Waals surface area contributed by atoms with Crippen LogP contribution in [0.15, 0.2) is 400 Å². The lowest BCUT2D eigenvalue weighted by Gasteiger charge is -2.35. The van der Waals surface area contributed by atoms with Gasteiger partial charge in [0.05, 0.1) is 10.8 Å². The van der Waals surface area contributed by atoms with E-state index in [1.807, 2.05) is 0 Å². The molecule has 4 atom stereocenters. The Morgan fingerprint density at radius 3 is 0.946 bits per heavy atom. The van der Waals surface area contributed by atoms with Crippen molar-refractivity contribution >= 4 is 34.1 Å². The number of benzene rings is 17. The monoisotopic (exact) mass is 1670 g/mol. The zero-order valence-electron chi connectivity index (χ0n) is 76.3. The minimum Gasteiger partial charge on any atom is -0.489 e. The van der Waals surface area contributed by atoms with Crippen LogP contribution < -0.4 is 19.3 Å². The van der Waals surface area contributed by atoms with Gasteiger partial charge in [0.1, 0.15) is 24.7 Å². The first kappa shape index (κ1) is 83.2. The van der Waals surface area contributed by atoms with Gasteiger partial charge in [-0.25, -0.2) is 0 Å². The molecule has 0 aromatic heterocycles. The van der Waals surface area contributed by atoms with Crippen molar-refractivity contribution in [1.82, 2.24) is 0 Å². The highest BCUT2D eigenvalue weighted by atomic mass is 16.5. The molecule has 4 aliphatic carbocycles. The summed E-state index contributed by atoms with van der Waals surface area (Å²) in [5, 5.41) is 0. The van der Waals surface area contributed by atoms with Gasteiger partial charge in [-0.05, 0) is 284 Å². The molecule has 4 heteroatoms. The Labute approximate surface area is 763 Å². The second-order valence-electron chi connectivity index (χ2n) is 38.2. The van der Waals surface area contributed by atoms with Crippen LogP contribution in [0.25, 0.3) is 55.6 Å². The number of fused-ring (bicyclic) bond motifs is 12. The van der Waals surface area contributed by atoms with Crippen LogP contribution in [-0.4, -0.2) is 0 Å². The van der Waals surface area contributed by atoms with E-state index >= 15 is 0 Å². The minimum absolute atomic E-state index is 0.0277. The van der Waals surface area contributed by atoms with Crippen LogP contribution in [0.4, 0.5) is 34.1 Å². The van der Waals surface area contributed by atoms with Crippen molar-refractivity contribution in [3.8, 4) is 67.1 Å². The third-order valence-electron chi connectivity index (χ3n) is 28.8. The second-order valence-corrected chi connectivity index (χ2v) is 38.2. The molecule has 0 radical (unpaired) electrons. The van der Waals surface area contributed by atoms with Crippen molar-refractivity contribution in [1.29, 1.82) is 0 Å². The number of anilines is 6. The summed E-state index contributed by atoms with van der Waals surface area (Å²) in [6.07, 6.45) is 2.27. The highest BCUT2D eigenvalue weighted by Crippen LogP contribution is 2.61. The van der Waals surface area contributed by atoms with E-state index in [2.05, 4.69) is 493 Å². The topological polar surface area (TPSA) is 24.9 Å². The molecule has 0 bridgehead atoms. The molecule has 4 aliphatic rings. The number of rotatable bonds is 21. The van der Waals surface area contributed by atoms with E-state index in [4.69, 9.17) is 9.47 Å². The fourth-order valence-corrected chi connectivity index (χ4v) is 21.3. The Kier molecular flexibility index (Phi) is 21.7. The van der Waals surface area contributed by atoms with Gasteiger partial charge in [-0.2, -0.15) is 0 Å². The second kappa shape index (κ2) is 33.6. The molecule has 634 valence electrons. The Morgan fingerprint density at radius 1 is 0.271 bits per heavy atom. The molecule has 0 fully saturated rings. The summed E-state index contributed by atoms with van der Waals surface area (Å²) in [5.41, 5.74) is 41.2. The highest BCUT2D eigenvalue weighted by Gasteiger charge is 2.49. The molecule has 129 heavy (non-hydrogen) atoms. The third kappa shape index (κ3) is 14.7. The van der Waals surface area contributed by atoms with Crippen molar-refractivity contribution in [3.63, 3.8) is 0 Å². The SMILES string of the molecule is CCC(C)c1ccc(COc2ccc(C3(c4ccc(C(C)(C)C)cc4)c4ccccc4-c4ccc(N(c5ccccc5)c5ccc6c(c5)C(C)(C)c5ccccc5-6)cc43)cc2)cc1.CCC(C)c1ccc(COc2ccc(C3(c4ccc(C)cc4)c4ccccc4-c4ccc(N(c5ccc(-c6ccccc6)cc5)c5ccc6c(c5)C(C)(C)c5ccccc5-6)cc43)cc2)cc1. The van der Waals surface area contributed by atoms with Crippen molar-refractivity contribution < 1.29 is 9.47 Å². The van der Waals surface area contributed by atoms with E-state index in [9.17, 15) is 0 Å². The maximum Gasteiger partial charge on any atom is 0.119 e. The van der Waals surface area contributed by atoms with Gasteiger partial charge in [-0.15, -0.1) is 0 Å². The van der Waals surface area contributed by atoms with Crippen LogP contribution in [0.2, 0.25) is 0 Å². The lowest BCUT2D eigenvalue weighted by molar-refractivity contribution is 0.306. The van der Waals surface area contributed by atoms with Gasteiger partial charge in [0.2, 0.25) is 0 Å². The number of ether oxygens (including phenoxy) is 2. The van der Waals surface area contributed by atoms with E-state index < -0.39 is 10.8 Å². The largest absolute Gasteiger partial charge is 0.489 e. The van der Waals surface area contributed by atoms with Crippen molar-refractivity contribution in [3.05, 3.63) is 501 Å². The van der Waals surface area contributed by atoms with Gasteiger partial charge in [-0.3, -0.25) is 0 Å². The Hall–Kier alpha value is -14.1. The van der Waals surface area contributed by atoms with E-state index in [1.165, 1.54) is 156 Å². The summed E-state index contributed by atoms with van der Waals surface area (Å²) < 4.78 is 13.0. The van der Waals surface area contributed by atoms with Crippen molar-refractivity contribution in [2.24, 2.45) is 0 Å². The van der Waals surface area contributed by atoms with Crippen molar-refractivity contribution in [2.45, 2.75) is 148 Å². The number of hydrogen-bond donors (Lipinski definition) is 0. The summed E-state index contributed by atoms with van der Waals surface area (Å²) in [6.45, 7) is 28.6. The Bertz CT molecular complexity index is 6980. The standard InChI is InChI=1S/C64H55NO.C61H57NO/c1-6-44(3)46-24-22-45(23-25-46)42-66-54-36-30-50(31-37-54)64(49-28-20-43(2)21-29-49)60-19-13-11-17-56(60)58-39-35-53(41-62(58)64)65(51-32-26-48(27-33-51)47-14-8-7-9-15-47)52-34-38-57-55-16-10-12-18-59(55)63(4,5)61(57)40-52;1-8-41(2)43-24-22-42(23-25-43)40-63-50-34-30-46(31-35-50)61(45-28-26-44(27-29-45)59(3,4)5)56-21-15-13-19-52(56)54-37-33-49(39-58(54)61)62(47-16-10-9-11-17-47)48-32-36-53-51-18-12-14-20-55(51)60(6,7)57(53)38-48/h7-41,44H,6,42H2,1-5H3;9-39,41H,8,40H2,1-7H3. The van der Waals surface area contributed by atoms with Gasteiger partial charge in [0.25, 0.3) is 0 Å². The predicted octanol–water partition coefficient (Wildman–Crippen LogP) is 33.1. The zero-order chi connectivity index (χ0) is 88.5. The normalized spacial score (nSPS) is 15.8. The van der Waals surface area contributed by atoms with E-state index in [0.717, 1.165) is 58.5 Å². The average Bonchev–Trinajstić information content (AvgIpc) is 1.55. The molecular weight excluding hydrogens is 1560 g/mol. The molecule has 4 nitrogen and oxygen atoms in total. The smallest absolute Gasteiger partial charge is 0.119 e.